The van der Waals surface area contributed by atoms with Crippen LogP contribution in [-0.4, -0.2) is 32.5 Å². The predicted molar refractivity (Wildman–Crippen MR) is 78.2 cm³/mol. The Balaban J connectivity index is 1.57. The molecule has 1 N–H and O–H groups in total. The molecule has 1 saturated heterocycles. The largest absolute Gasteiger partial charge is 0.332 e. The summed E-state index contributed by atoms with van der Waals surface area (Å²) >= 11 is 0. The number of halogens is 1. The molecule has 1 aliphatic heterocycles. The van der Waals surface area contributed by atoms with Crippen LogP contribution < -0.4 is 0 Å². The van der Waals surface area contributed by atoms with Crippen molar-refractivity contribution in [3.8, 4) is 11.4 Å². The molecule has 6 heteroatoms. The summed E-state index contributed by atoms with van der Waals surface area (Å²) in [5, 5.41) is 7.17. The highest BCUT2D eigenvalue weighted by molar-refractivity contribution is 5.81. The fraction of sp³-hybridized carbons (Fsp3) is 0.438. The monoisotopic (exact) mass is 300 g/mol. The maximum atomic E-state index is 13.0. The molecule has 1 atom stereocenters. The smallest absolute Gasteiger partial charge is 0.226 e. The van der Waals surface area contributed by atoms with E-state index < -0.39 is 0 Å². The number of amides is 1. The molecule has 2 heterocycles. The van der Waals surface area contributed by atoms with E-state index in [4.69, 9.17) is 0 Å². The van der Waals surface area contributed by atoms with Crippen molar-refractivity contribution in [2.24, 2.45) is 5.92 Å². The van der Waals surface area contributed by atoms with E-state index in [0.29, 0.717) is 5.82 Å². The van der Waals surface area contributed by atoms with Gasteiger partial charge in [0, 0.05) is 18.0 Å². The molecule has 114 valence electrons. The molecular formula is C16H17FN4O. The van der Waals surface area contributed by atoms with Crippen LogP contribution in [0.15, 0.2) is 24.3 Å². The summed E-state index contributed by atoms with van der Waals surface area (Å²) in [4.78, 5) is 18.8. The molecule has 22 heavy (non-hydrogen) atoms. The molecule has 1 amide bonds. The van der Waals surface area contributed by atoms with Gasteiger partial charge in [0.25, 0.3) is 0 Å². The summed E-state index contributed by atoms with van der Waals surface area (Å²) in [6.07, 6.45) is 3.94. The molecule has 0 unspecified atom stereocenters. The number of hydrogen-bond donors (Lipinski definition) is 1. The van der Waals surface area contributed by atoms with Crippen LogP contribution in [0.25, 0.3) is 11.4 Å². The molecule has 2 aliphatic rings. The van der Waals surface area contributed by atoms with Crippen LogP contribution >= 0.6 is 0 Å². The Bertz CT molecular complexity index is 692. The van der Waals surface area contributed by atoms with Gasteiger partial charge in [-0.15, -0.1) is 0 Å². The summed E-state index contributed by atoms with van der Waals surface area (Å²) in [5.41, 5.74) is 0.766. The molecule has 0 bridgehead atoms. The number of aromatic amines is 1. The summed E-state index contributed by atoms with van der Waals surface area (Å²) < 4.78 is 13.0. The first-order valence-corrected chi connectivity index (χ1v) is 7.71. The number of carbonyl (C=O) groups excluding carboxylic acids is 1. The number of carbonyl (C=O) groups is 1. The molecule has 1 saturated carbocycles. The lowest BCUT2D eigenvalue weighted by Crippen LogP contribution is -2.32. The molecule has 4 rings (SSSR count). The van der Waals surface area contributed by atoms with Gasteiger partial charge in [-0.2, -0.15) is 5.10 Å². The lowest BCUT2D eigenvalue weighted by molar-refractivity contribution is -0.133. The Morgan fingerprint density at radius 1 is 1.23 bits per heavy atom. The highest BCUT2D eigenvalue weighted by Gasteiger charge is 2.39. The van der Waals surface area contributed by atoms with Gasteiger partial charge in [-0.3, -0.25) is 9.89 Å². The molecule has 1 aromatic heterocycles. The van der Waals surface area contributed by atoms with Crippen LogP contribution in [0.4, 0.5) is 4.39 Å². The Morgan fingerprint density at radius 2 is 2.00 bits per heavy atom. The Kier molecular flexibility index (Phi) is 3.17. The Morgan fingerprint density at radius 3 is 2.73 bits per heavy atom. The van der Waals surface area contributed by atoms with Crippen molar-refractivity contribution in [2.75, 3.05) is 6.54 Å². The molecular weight excluding hydrogens is 283 g/mol. The molecule has 2 aromatic rings. The van der Waals surface area contributed by atoms with Crippen molar-refractivity contribution in [3.63, 3.8) is 0 Å². The van der Waals surface area contributed by atoms with Crippen LogP contribution in [0.1, 0.15) is 37.5 Å². The van der Waals surface area contributed by atoms with Crippen molar-refractivity contribution in [3.05, 3.63) is 35.9 Å². The van der Waals surface area contributed by atoms with E-state index in [1.165, 1.54) is 12.1 Å². The average molecular weight is 300 g/mol. The van der Waals surface area contributed by atoms with E-state index in [1.807, 2.05) is 4.90 Å². The number of nitrogens with one attached hydrogen (secondary N) is 1. The van der Waals surface area contributed by atoms with Gasteiger partial charge in [-0.25, -0.2) is 9.37 Å². The number of benzene rings is 1. The third-order valence-corrected chi connectivity index (χ3v) is 4.38. The standard InChI is InChI=1S/C16H17FN4O/c17-12-7-5-10(6-8-12)14-18-15(20-19-14)13-2-1-9-21(13)16(22)11-3-4-11/h5-8,11,13H,1-4,9H2,(H,18,19,20)/t13-/m0/s1. The minimum Gasteiger partial charge on any atom is -0.332 e. The third-order valence-electron chi connectivity index (χ3n) is 4.38. The van der Waals surface area contributed by atoms with Crippen molar-refractivity contribution in [1.29, 1.82) is 0 Å². The zero-order valence-electron chi connectivity index (χ0n) is 12.1. The van der Waals surface area contributed by atoms with Gasteiger partial charge in [-0.1, -0.05) is 0 Å². The van der Waals surface area contributed by atoms with Gasteiger partial charge in [0.2, 0.25) is 5.91 Å². The minimum atomic E-state index is -0.281. The number of aromatic nitrogens is 3. The van der Waals surface area contributed by atoms with Gasteiger partial charge in [0.1, 0.15) is 11.6 Å². The molecule has 1 aliphatic carbocycles. The second-order valence-corrected chi connectivity index (χ2v) is 6.02. The first kappa shape index (κ1) is 13.4. The summed E-state index contributed by atoms with van der Waals surface area (Å²) in [6, 6.07) is 6.09. The zero-order valence-corrected chi connectivity index (χ0v) is 12.1. The predicted octanol–water partition coefficient (Wildman–Crippen LogP) is 2.68. The van der Waals surface area contributed by atoms with Gasteiger partial charge >= 0.3 is 0 Å². The van der Waals surface area contributed by atoms with Gasteiger partial charge in [0.15, 0.2) is 5.82 Å². The molecule has 0 radical (unpaired) electrons. The van der Waals surface area contributed by atoms with Crippen LogP contribution in [0, 0.1) is 11.7 Å². The molecule has 1 aromatic carbocycles. The fourth-order valence-electron chi connectivity index (χ4n) is 3.03. The van der Waals surface area contributed by atoms with E-state index in [2.05, 4.69) is 15.2 Å². The number of hydrogen-bond acceptors (Lipinski definition) is 3. The quantitative estimate of drug-likeness (QED) is 0.948. The van der Waals surface area contributed by atoms with Gasteiger partial charge in [0.05, 0.1) is 6.04 Å². The number of nitrogens with zero attached hydrogens (tertiary/aromatic N) is 3. The first-order chi connectivity index (χ1) is 10.7. The topological polar surface area (TPSA) is 61.9 Å². The second-order valence-electron chi connectivity index (χ2n) is 6.02. The summed E-state index contributed by atoms with van der Waals surface area (Å²) in [5.74, 6) is 1.46. The maximum absolute atomic E-state index is 13.0. The Hall–Kier alpha value is -2.24. The highest BCUT2D eigenvalue weighted by atomic mass is 19.1. The molecule has 0 spiro atoms. The molecule has 5 nitrogen and oxygen atoms in total. The first-order valence-electron chi connectivity index (χ1n) is 7.71. The lowest BCUT2D eigenvalue weighted by atomic mass is 10.2. The van der Waals surface area contributed by atoms with Gasteiger partial charge < -0.3 is 4.90 Å². The van der Waals surface area contributed by atoms with Crippen LogP contribution in [0.5, 0.6) is 0 Å². The van der Waals surface area contributed by atoms with E-state index in [0.717, 1.165) is 43.6 Å². The third kappa shape index (κ3) is 2.38. The normalized spacial score (nSPS) is 21.3. The molecule has 2 fully saturated rings. The van der Waals surface area contributed by atoms with Crippen molar-refractivity contribution >= 4 is 5.91 Å². The highest BCUT2D eigenvalue weighted by Crippen LogP contribution is 2.38. The minimum absolute atomic E-state index is 0.00482. The number of rotatable bonds is 3. The van der Waals surface area contributed by atoms with E-state index in [9.17, 15) is 9.18 Å². The fourth-order valence-corrected chi connectivity index (χ4v) is 3.03. The second kappa shape index (κ2) is 5.19. The van der Waals surface area contributed by atoms with Crippen molar-refractivity contribution < 1.29 is 9.18 Å². The maximum Gasteiger partial charge on any atom is 0.226 e. The average Bonchev–Trinajstić information content (AvgIpc) is 3.07. The van der Waals surface area contributed by atoms with E-state index in [1.54, 1.807) is 12.1 Å². The van der Waals surface area contributed by atoms with Crippen molar-refractivity contribution in [1.82, 2.24) is 20.1 Å². The summed E-state index contributed by atoms with van der Waals surface area (Å²) in [6.45, 7) is 0.798. The Labute approximate surface area is 127 Å². The van der Waals surface area contributed by atoms with Crippen LogP contribution in [0.2, 0.25) is 0 Å². The zero-order chi connectivity index (χ0) is 15.1. The summed E-state index contributed by atoms with van der Waals surface area (Å²) in [7, 11) is 0. The van der Waals surface area contributed by atoms with E-state index >= 15 is 0 Å². The van der Waals surface area contributed by atoms with Gasteiger partial charge in [-0.05, 0) is 49.9 Å². The van der Waals surface area contributed by atoms with Crippen molar-refractivity contribution in [2.45, 2.75) is 31.7 Å². The number of likely N-dealkylation sites (tertiary alicyclic amines) is 1. The van der Waals surface area contributed by atoms with Crippen LogP contribution in [-0.2, 0) is 4.79 Å². The number of H-pyrrole nitrogens is 1. The lowest BCUT2D eigenvalue weighted by Gasteiger charge is -2.22. The van der Waals surface area contributed by atoms with Crippen LogP contribution in [0.3, 0.4) is 0 Å². The SMILES string of the molecule is O=C(C1CC1)N1CCC[C@H]1c1nc(-c2ccc(F)cc2)n[nH]1. The van der Waals surface area contributed by atoms with E-state index in [-0.39, 0.29) is 23.7 Å².